The van der Waals surface area contributed by atoms with Crippen LogP contribution in [0.3, 0.4) is 0 Å². The van der Waals surface area contributed by atoms with Gasteiger partial charge in [-0.2, -0.15) is 0 Å². The second-order valence-electron chi connectivity index (χ2n) is 3.43. The van der Waals surface area contributed by atoms with Crippen molar-refractivity contribution in [1.82, 2.24) is 5.32 Å². The summed E-state index contributed by atoms with van der Waals surface area (Å²) in [4.78, 5) is 21.7. The van der Waals surface area contributed by atoms with E-state index in [0.29, 0.717) is 11.1 Å². The number of hydrogen-bond acceptors (Lipinski definition) is 2. The Morgan fingerprint density at radius 3 is 2.47 bits per heavy atom. The Morgan fingerprint density at radius 2 is 1.93 bits per heavy atom. The molecule has 1 aromatic rings. The highest BCUT2D eigenvalue weighted by atomic mass is 16.1. The molecule has 0 fully saturated rings. The molecule has 15 heavy (non-hydrogen) atoms. The molecule has 0 saturated heterocycles. The molecule has 0 radical (unpaired) electrons. The fourth-order valence-corrected chi connectivity index (χ4v) is 1.06. The molecule has 1 aromatic carbocycles. The number of nitrogens with one attached hydrogen (secondary N) is 1. The van der Waals surface area contributed by atoms with E-state index in [1.165, 1.54) is 0 Å². The minimum atomic E-state index is -0.176. The number of rotatable bonds is 3. The normalized spacial score (nSPS) is 9.20. The van der Waals surface area contributed by atoms with E-state index >= 15 is 0 Å². The Kier molecular flexibility index (Phi) is 3.83. The number of carbonyl (C=O) groups is 1. The molecule has 1 N–H and O–H groups in total. The standard InChI is InChI=1S/C12H13NO2/c1-9-3-5-11(6-4-9)12(15)13-7-10(2)8-14/h3-6H,7H2,1-2H3,(H,13,15). The summed E-state index contributed by atoms with van der Waals surface area (Å²) in [6.07, 6.45) is 0. The highest BCUT2D eigenvalue weighted by molar-refractivity contribution is 5.94. The molecule has 0 bridgehead atoms. The third kappa shape index (κ3) is 3.41. The van der Waals surface area contributed by atoms with E-state index in [4.69, 9.17) is 0 Å². The number of amides is 1. The summed E-state index contributed by atoms with van der Waals surface area (Å²) in [6.45, 7) is 3.83. The van der Waals surface area contributed by atoms with Crippen molar-refractivity contribution in [3.63, 3.8) is 0 Å². The number of benzene rings is 1. The van der Waals surface area contributed by atoms with E-state index in [9.17, 15) is 9.59 Å². The van der Waals surface area contributed by atoms with Gasteiger partial charge in [-0.1, -0.05) is 17.7 Å². The Morgan fingerprint density at radius 1 is 1.33 bits per heavy atom. The molecule has 0 heterocycles. The van der Waals surface area contributed by atoms with Gasteiger partial charge >= 0.3 is 0 Å². The highest BCUT2D eigenvalue weighted by Crippen LogP contribution is 2.02. The molecule has 0 spiro atoms. The van der Waals surface area contributed by atoms with Gasteiger partial charge in [-0.25, -0.2) is 4.79 Å². The molecule has 1 amide bonds. The summed E-state index contributed by atoms with van der Waals surface area (Å²) in [6, 6.07) is 7.25. The van der Waals surface area contributed by atoms with Crippen molar-refractivity contribution in [2.45, 2.75) is 13.8 Å². The van der Waals surface area contributed by atoms with Crippen molar-refractivity contribution in [2.24, 2.45) is 0 Å². The minimum absolute atomic E-state index is 0.176. The second kappa shape index (κ2) is 5.13. The zero-order valence-corrected chi connectivity index (χ0v) is 8.83. The lowest BCUT2D eigenvalue weighted by atomic mass is 10.1. The van der Waals surface area contributed by atoms with Gasteiger partial charge in [-0.3, -0.25) is 4.79 Å². The third-order valence-corrected chi connectivity index (χ3v) is 2.00. The van der Waals surface area contributed by atoms with Gasteiger partial charge in [0, 0.05) is 17.7 Å². The van der Waals surface area contributed by atoms with Gasteiger partial charge in [-0.05, 0) is 26.0 Å². The molecule has 3 heteroatoms. The van der Waals surface area contributed by atoms with Crippen LogP contribution >= 0.6 is 0 Å². The summed E-state index contributed by atoms with van der Waals surface area (Å²) >= 11 is 0. The lowest BCUT2D eigenvalue weighted by molar-refractivity contribution is 0.0957. The molecule has 0 saturated carbocycles. The molecule has 0 atom stereocenters. The Balaban J connectivity index is 2.62. The van der Waals surface area contributed by atoms with Gasteiger partial charge in [0.25, 0.3) is 5.91 Å². The van der Waals surface area contributed by atoms with Crippen molar-refractivity contribution < 1.29 is 9.59 Å². The van der Waals surface area contributed by atoms with E-state index in [2.05, 4.69) is 5.32 Å². The van der Waals surface area contributed by atoms with Gasteiger partial charge < -0.3 is 5.32 Å². The van der Waals surface area contributed by atoms with Crippen molar-refractivity contribution in [3.05, 3.63) is 41.0 Å². The van der Waals surface area contributed by atoms with Crippen LogP contribution in [0.15, 0.2) is 29.8 Å². The summed E-state index contributed by atoms with van der Waals surface area (Å²) in [5.74, 6) is 1.56. The number of carbonyl (C=O) groups excluding carboxylic acids is 2. The monoisotopic (exact) mass is 203 g/mol. The summed E-state index contributed by atoms with van der Waals surface area (Å²) in [5.41, 5.74) is 2.19. The smallest absolute Gasteiger partial charge is 0.251 e. The Labute approximate surface area is 88.8 Å². The molecule has 1 rings (SSSR count). The molecule has 0 unspecified atom stereocenters. The molecular formula is C12H13NO2. The maximum Gasteiger partial charge on any atom is 0.251 e. The quantitative estimate of drug-likeness (QED) is 0.757. The number of aryl methyl sites for hydroxylation is 1. The zero-order chi connectivity index (χ0) is 11.3. The topological polar surface area (TPSA) is 46.2 Å². The first-order valence-electron chi connectivity index (χ1n) is 4.69. The molecular weight excluding hydrogens is 190 g/mol. The predicted octanol–water partition coefficient (Wildman–Crippen LogP) is 1.50. The van der Waals surface area contributed by atoms with E-state index in [1.54, 1.807) is 25.0 Å². The van der Waals surface area contributed by atoms with E-state index < -0.39 is 0 Å². The van der Waals surface area contributed by atoms with Crippen LogP contribution in [0.2, 0.25) is 0 Å². The van der Waals surface area contributed by atoms with Crippen LogP contribution in [0.4, 0.5) is 0 Å². The molecule has 0 aliphatic carbocycles. The Bertz CT molecular complexity index is 400. The average molecular weight is 203 g/mol. The molecule has 0 aliphatic rings. The molecule has 3 nitrogen and oxygen atoms in total. The average Bonchev–Trinajstić information content (AvgIpc) is 2.26. The maximum atomic E-state index is 11.5. The second-order valence-corrected chi connectivity index (χ2v) is 3.43. The van der Waals surface area contributed by atoms with Gasteiger partial charge in [-0.15, -0.1) is 0 Å². The summed E-state index contributed by atoms with van der Waals surface area (Å²) in [7, 11) is 0. The van der Waals surface area contributed by atoms with Crippen molar-refractivity contribution in [1.29, 1.82) is 0 Å². The molecule has 0 aromatic heterocycles. The minimum Gasteiger partial charge on any atom is -0.348 e. The highest BCUT2D eigenvalue weighted by Gasteiger charge is 2.03. The van der Waals surface area contributed by atoms with Crippen LogP contribution in [-0.2, 0) is 4.79 Å². The van der Waals surface area contributed by atoms with E-state index in [1.807, 2.05) is 19.1 Å². The predicted molar refractivity (Wildman–Crippen MR) is 58.4 cm³/mol. The van der Waals surface area contributed by atoms with E-state index in [-0.39, 0.29) is 12.5 Å². The zero-order valence-electron chi connectivity index (χ0n) is 8.83. The lowest BCUT2D eigenvalue weighted by Crippen LogP contribution is -2.25. The van der Waals surface area contributed by atoms with Gasteiger partial charge in [0.1, 0.15) is 5.94 Å². The van der Waals surface area contributed by atoms with Crippen LogP contribution in [0.1, 0.15) is 22.8 Å². The summed E-state index contributed by atoms with van der Waals surface area (Å²) in [5, 5.41) is 2.63. The summed E-state index contributed by atoms with van der Waals surface area (Å²) < 4.78 is 0. The number of hydrogen-bond donors (Lipinski definition) is 1. The first kappa shape index (κ1) is 11.2. The Hall–Kier alpha value is -1.86. The van der Waals surface area contributed by atoms with E-state index in [0.717, 1.165) is 5.56 Å². The van der Waals surface area contributed by atoms with Crippen molar-refractivity contribution in [2.75, 3.05) is 6.54 Å². The van der Waals surface area contributed by atoms with Crippen molar-refractivity contribution in [3.8, 4) is 0 Å². The van der Waals surface area contributed by atoms with Crippen LogP contribution < -0.4 is 5.32 Å². The van der Waals surface area contributed by atoms with Crippen LogP contribution in [0.25, 0.3) is 0 Å². The third-order valence-electron chi connectivity index (χ3n) is 2.00. The SMILES string of the molecule is CC(=C=O)CNC(=O)c1ccc(C)cc1. The van der Waals surface area contributed by atoms with Crippen LogP contribution in [-0.4, -0.2) is 18.4 Å². The van der Waals surface area contributed by atoms with Crippen LogP contribution in [0.5, 0.6) is 0 Å². The first-order valence-corrected chi connectivity index (χ1v) is 4.69. The van der Waals surface area contributed by atoms with Crippen LogP contribution in [0, 0.1) is 6.92 Å². The fourth-order valence-electron chi connectivity index (χ4n) is 1.06. The fraction of sp³-hybridized carbons (Fsp3) is 0.250. The maximum absolute atomic E-state index is 11.5. The van der Waals surface area contributed by atoms with Gasteiger partial charge in [0.05, 0.1) is 0 Å². The first-order chi connectivity index (χ1) is 7.13. The molecule has 0 aliphatic heterocycles. The largest absolute Gasteiger partial charge is 0.348 e. The van der Waals surface area contributed by atoms with Crippen molar-refractivity contribution >= 4 is 11.8 Å². The van der Waals surface area contributed by atoms with Gasteiger partial charge in [0.2, 0.25) is 0 Å². The van der Waals surface area contributed by atoms with Gasteiger partial charge in [0.15, 0.2) is 0 Å². The molecule has 78 valence electrons. The lowest BCUT2D eigenvalue weighted by Gasteiger charge is -2.03.